The number of sulfonamides is 2. The summed E-state index contributed by atoms with van der Waals surface area (Å²) in [6.45, 7) is 13.0. The van der Waals surface area contributed by atoms with Gasteiger partial charge in [-0.25, -0.2) is 16.8 Å². The fraction of sp³-hybridized carbons (Fsp3) is 0.542. The lowest BCUT2D eigenvalue weighted by atomic mass is 10.0. The van der Waals surface area contributed by atoms with Crippen molar-refractivity contribution in [2.45, 2.75) is 70.8 Å². The lowest BCUT2D eigenvalue weighted by Crippen LogP contribution is -2.53. The van der Waals surface area contributed by atoms with Crippen LogP contribution in [0, 0.1) is 19.8 Å². The van der Waals surface area contributed by atoms with Crippen LogP contribution in [0.3, 0.4) is 0 Å². The zero-order chi connectivity index (χ0) is 28.7. The fourth-order valence-electron chi connectivity index (χ4n) is 4.97. The molecule has 3 aliphatic heterocycles. The molecule has 5 rings (SSSR count). The first-order valence-corrected chi connectivity index (χ1v) is 16.3. The monoisotopic (exact) mass is 600 g/mol. The smallest absolute Gasteiger partial charge is 0.267 e. The molecule has 2 aromatic rings. The van der Waals surface area contributed by atoms with Crippen molar-refractivity contribution >= 4 is 42.9 Å². The van der Waals surface area contributed by atoms with Crippen molar-refractivity contribution < 1.29 is 35.8 Å². The Kier molecular flexibility index (Phi) is 6.71. The van der Waals surface area contributed by atoms with Crippen LogP contribution in [0.4, 0.5) is 5.69 Å². The van der Waals surface area contributed by atoms with Crippen LogP contribution in [0.1, 0.15) is 62.6 Å². The quantitative estimate of drug-likeness (QED) is 0.431. The Morgan fingerprint density at radius 3 is 2.38 bits per heavy atom. The predicted molar refractivity (Wildman–Crippen MR) is 145 cm³/mol. The minimum atomic E-state index is -4.23. The highest BCUT2D eigenvalue weighted by Crippen LogP contribution is 2.60. The molecule has 0 aromatic carbocycles. The fourth-order valence-corrected chi connectivity index (χ4v) is 9.73. The summed E-state index contributed by atoms with van der Waals surface area (Å²) in [5, 5.41) is 14.1. The average molecular weight is 601 g/mol. The summed E-state index contributed by atoms with van der Waals surface area (Å²) in [6.07, 6.45) is -0.773. The Labute approximate surface area is 231 Å². The van der Waals surface area contributed by atoms with Crippen molar-refractivity contribution in [1.29, 1.82) is 0 Å². The Balaban J connectivity index is 1.69. The Morgan fingerprint density at radius 1 is 1.23 bits per heavy atom. The van der Waals surface area contributed by atoms with Gasteiger partial charge in [-0.05, 0) is 38.3 Å². The number of thiophene rings is 1. The molecule has 39 heavy (non-hydrogen) atoms. The molecule has 3 aliphatic rings. The first kappa shape index (κ1) is 28.1. The number of nitrogens with one attached hydrogen (secondary N) is 2. The minimum Gasteiger partial charge on any atom is -0.504 e. The van der Waals surface area contributed by atoms with Crippen molar-refractivity contribution in [2.24, 2.45) is 10.9 Å². The maximum atomic E-state index is 13.5. The molecule has 0 unspecified atom stereocenters. The van der Waals surface area contributed by atoms with Crippen LogP contribution in [0.25, 0.3) is 0 Å². The van der Waals surface area contributed by atoms with E-state index in [0.29, 0.717) is 17.1 Å². The van der Waals surface area contributed by atoms with Crippen LogP contribution in [0.5, 0.6) is 5.75 Å². The molecule has 1 fully saturated rings. The van der Waals surface area contributed by atoms with Gasteiger partial charge in [0.25, 0.3) is 25.8 Å². The molecule has 1 saturated heterocycles. The Morgan fingerprint density at radius 2 is 1.87 bits per heavy atom. The van der Waals surface area contributed by atoms with Crippen LogP contribution in [0.15, 0.2) is 30.3 Å². The second-order valence-corrected chi connectivity index (χ2v) is 14.7. The zero-order valence-electron chi connectivity index (χ0n) is 22.6. The van der Waals surface area contributed by atoms with Crippen LogP contribution in [-0.4, -0.2) is 51.5 Å². The molecular weight excluding hydrogens is 568 g/mol. The van der Waals surface area contributed by atoms with E-state index >= 15 is 0 Å². The van der Waals surface area contributed by atoms with E-state index in [-0.39, 0.29) is 50.2 Å². The van der Waals surface area contributed by atoms with E-state index in [9.17, 15) is 21.9 Å². The average Bonchev–Trinajstić information content (AvgIpc) is 3.43. The molecule has 0 saturated carbocycles. The lowest BCUT2D eigenvalue weighted by Gasteiger charge is -2.47. The third-order valence-corrected chi connectivity index (χ3v) is 12.3. The van der Waals surface area contributed by atoms with Gasteiger partial charge in [0.05, 0.1) is 4.88 Å². The summed E-state index contributed by atoms with van der Waals surface area (Å²) >= 11 is 0.710. The molecule has 2 aromatic heterocycles. The molecule has 0 bridgehead atoms. The van der Waals surface area contributed by atoms with Gasteiger partial charge in [-0.2, -0.15) is 4.31 Å². The molecule has 15 heteroatoms. The molecule has 1 atom stereocenters. The predicted octanol–water partition coefficient (Wildman–Crippen LogP) is 3.61. The van der Waals surface area contributed by atoms with Gasteiger partial charge in [0.1, 0.15) is 28.9 Å². The molecule has 12 nitrogen and oxygen atoms in total. The van der Waals surface area contributed by atoms with E-state index in [2.05, 4.69) is 10.0 Å². The number of ether oxygens (including phenoxy) is 2. The topological polar surface area (TPSA) is 160 Å². The summed E-state index contributed by atoms with van der Waals surface area (Å²) in [4.78, 5) is 4.55. The van der Waals surface area contributed by atoms with Gasteiger partial charge < -0.3 is 24.3 Å². The van der Waals surface area contributed by atoms with E-state index in [1.807, 2.05) is 33.8 Å². The molecule has 0 aliphatic carbocycles. The number of aliphatic imine (C=N–C) groups is 1. The van der Waals surface area contributed by atoms with E-state index in [0.717, 1.165) is 11.3 Å². The number of aryl methyl sites for hydroxylation is 2. The number of hydrogen-bond donors (Lipinski definition) is 3. The second-order valence-electron chi connectivity index (χ2n) is 9.94. The number of anilines is 1. The number of rotatable bonds is 7. The molecular formula is C24H32N4O8S3. The summed E-state index contributed by atoms with van der Waals surface area (Å²) in [7, 11) is -8.31. The van der Waals surface area contributed by atoms with Crippen molar-refractivity contribution in [1.82, 2.24) is 9.03 Å². The van der Waals surface area contributed by atoms with Gasteiger partial charge in [-0.1, -0.05) is 27.7 Å². The number of furan rings is 1. The van der Waals surface area contributed by atoms with Gasteiger partial charge >= 0.3 is 0 Å². The Hall–Kier alpha value is -2.43. The SMILES string of the molecule is CCN(CC)S(=O)(=O)c1sc2c(c1O)NC1=C(C23OC(C)O3)S(=O)(=O)NC1=N[C@@H](c1cc(C)c(C)o1)C(C)C. The third kappa shape index (κ3) is 4.13. The first-order valence-electron chi connectivity index (χ1n) is 12.6. The zero-order valence-corrected chi connectivity index (χ0v) is 25.1. The molecule has 3 N–H and O–H groups in total. The van der Waals surface area contributed by atoms with Gasteiger partial charge in [0.15, 0.2) is 27.0 Å². The summed E-state index contributed by atoms with van der Waals surface area (Å²) in [5.74, 6) is -1.27. The lowest BCUT2D eigenvalue weighted by molar-refractivity contribution is -0.433. The second kappa shape index (κ2) is 9.31. The number of nitrogens with zero attached hydrogens (tertiary/aromatic N) is 2. The van der Waals surface area contributed by atoms with Gasteiger partial charge in [0, 0.05) is 13.1 Å². The summed E-state index contributed by atoms with van der Waals surface area (Å²) < 4.78 is 74.8. The first-order chi connectivity index (χ1) is 18.2. The highest BCUT2D eigenvalue weighted by atomic mass is 32.2. The van der Waals surface area contributed by atoms with E-state index in [4.69, 9.17) is 18.9 Å². The number of aromatic hydroxyl groups is 1. The van der Waals surface area contributed by atoms with Crippen molar-refractivity contribution in [3.05, 3.63) is 38.6 Å². The molecule has 0 radical (unpaired) electrons. The summed E-state index contributed by atoms with van der Waals surface area (Å²) in [6, 6.07) is 1.32. The standard InChI is InChI=1S/C24H32N4O8S3/c1-8-28(9-2)39(32,33)23-19(29)17-20(37-23)24(35-14(7)36-24)21-18(25-17)22(27-38(21,30)31)26-16(11(3)4)15-10-12(5)13(6)34-15/h10-11,14,16,25,29H,8-9H2,1-7H3,(H,26,27)/t14?,16-,24?/m1/s1. The minimum absolute atomic E-state index is 0.00577. The maximum absolute atomic E-state index is 13.5. The highest BCUT2D eigenvalue weighted by Gasteiger charge is 2.63. The van der Waals surface area contributed by atoms with Gasteiger partial charge in [0.2, 0.25) is 0 Å². The van der Waals surface area contributed by atoms with Crippen molar-refractivity contribution in [2.75, 3.05) is 18.4 Å². The number of hydrogen-bond acceptors (Lipinski definition) is 11. The van der Waals surface area contributed by atoms with Gasteiger partial charge in [-0.15, -0.1) is 11.3 Å². The largest absolute Gasteiger partial charge is 0.504 e. The maximum Gasteiger partial charge on any atom is 0.267 e. The van der Waals surface area contributed by atoms with Crippen molar-refractivity contribution in [3.63, 3.8) is 0 Å². The van der Waals surface area contributed by atoms with Crippen LogP contribution in [-0.2, 0) is 35.3 Å². The van der Waals surface area contributed by atoms with E-state index in [1.54, 1.807) is 20.8 Å². The molecule has 0 amide bonds. The molecule has 5 heterocycles. The van der Waals surface area contributed by atoms with Crippen LogP contribution < -0.4 is 10.0 Å². The van der Waals surface area contributed by atoms with E-state index in [1.165, 1.54) is 4.31 Å². The summed E-state index contributed by atoms with van der Waals surface area (Å²) in [5.41, 5.74) is 0.950. The van der Waals surface area contributed by atoms with E-state index < -0.39 is 43.9 Å². The number of fused-ring (bicyclic) bond motifs is 3. The van der Waals surface area contributed by atoms with Crippen molar-refractivity contribution in [3.8, 4) is 5.75 Å². The molecule has 214 valence electrons. The molecule has 1 spiro atoms. The van der Waals surface area contributed by atoms with Crippen LogP contribution >= 0.6 is 11.3 Å². The van der Waals surface area contributed by atoms with Crippen LogP contribution in [0.2, 0.25) is 0 Å². The normalized spacial score (nSPS) is 25.6. The number of amidine groups is 1. The third-order valence-electron chi connectivity index (χ3n) is 6.98. The van der Waals surface area contributed by atoms with Gasteiger partial charge in [-0.3, -0.25) is 9.71 Å². The highest BCUT2D eigenvalue weighted by molar-refractivity contribution is 7.94. The Bertz CT molecular complexity index is 1590.